The number of carbonyl (C=O) groups excluding carboxylic acids is 1. The summed E-state index contributed by atoms with van der Waals surface area (Å²) in [7, 11) is 0. The number of aryl methyl sites for hydroxylation is 1. The Hall–Kier alpha value is -2.09. The molecule has 2 nitrogen and oxygen atoms in total. The number of carbonyl (C=O) groups is 1. The number of anilines is 1. The highest BCUT2D eigenvalue weighted by molar-refractivity contribution is 6.07. The molecular weight excluding hydrogens is 246 g/mol. The maximum Gasteiger partial charge on any atom is 0.173 e. The summed E-state index contributed by atoms with van der Waals surface area (Å²) in [6, 6.07) is 13.7. The van der Waals surface area contributed by atoms with Gasteiger partial charge in [-0.1, -0.05) is 30.3 Å². The third-order valence-electron chi connectivity index (χ3n) is 4.50. The molecular formula is C18H19NO. The number of hydrogen-bond donors (Lipinski definition) is 1. The Morgan fingerprint density at radius 1 is 1.05 bits per heavy atom. The highest BCUT2D eigenvalue weighted by Gasteiger charge is 2.51. The van der Waals surface area contributed by atoms with E-state index in [2.05, 4.69) is 13.0 Å². The highest BCUT2D eigenvalue weighted by Crippen LogP contribution is 2.51. The largest absolute Gasteiger partial charge is 0.399 e. The fourth-order valence-electron chi connectivity index (χ4n) is 2.83. The number of Topliss-reactive ketones (excluding diaryl/α,β-unsaturated/α-hetero) is 1. The van der Waals surface area contributed by atoms with Gasteiger partial charge in [0.25, 0.3) is 0 Å². The van der Waals surface area contributed by atoms with Gasteiger partial charge < -0.3 is 5.73 Å². The lowest BCUT2D eigenvalue weighted by Crippen LogP contribution is -2.21. The molecule has 0 bridgehead atoms. The molecule has 0 aliphatic heterocycles. The Bertz CT molecular complexity index is 666. The normalized spacial score (nSPS) is 15.9. The first-order valence-corrected chi connectivity index (χ1v) is 7.02. The second kappa shape index (κ2) is 4.48. The summed E-state index contributed by atoms with van der Waals surface area (Å²) in [5.41, 5.74) is 10.4. The number of rotatable bonds is 3. The molecule has 102 valence electrons. The molecule has 0 saturated heterocycles. The van der Waals surface area contributed by atoms with E-state index in [1.165, 1.54) is 5.56 Å². The van der Waals surface area contributed by atoms with Crippen LogP contribution < -0.4 is 5.73 Å². The fraction of sp³-hybridized carbons (Fsp3) is 0.278. The average molecular weight is 265 g/mol. The SMILES string of the molecule is Cc1cccc(C(=O)C2(c3ccc(N)cc3)CC2)c1C. The van der Waals surface area contributed by atoms with Gasteiger partial charge in [-0.25, -0.2) is 0 Å². The predicted octanol–water partition coefficient (Wildman–Crippen LogP) is 3.80. The lowest BCUT2D eigenvalue weighted by molar-refractivity contribution is 0.0945. The van der Waals surface area contributed by atoms with Crippen molar-refractivity contribution < 1.29 is 4.79 Å². The minimum atomic E-state index is -0.313. The maximum absolute atomic E-state index is 13.0. The monoisotopic (exact) mass is 265 g/mol. The molecule has 0 aromatic heterocycles. The number of nitrogens with two attached hydrogens (primary N) is 1. The van der Waals surface area contributed by atoms with Gasteiger partial charge in [-0.2, -0.15) is 0 Å². The van der Waals surface area contributed by atoms with Gasteiger partial charge in [0.05, 0.1) is 5.41 Å². The first-order valence-electron chi connectivity index (χ1n) is 7.02. The zero-order valence-corrected chi connectivity index (χ0v) is 11.9. The third-order valence-corrected chi connectivity index (χ3v) is 4.50. The molecule has 1 fully saturated rings. The summed E-state index contributed by atoms with van der Waals surface area (Å²) >= 11 is 0. The zero-order chi connectivity index (χ0) is 14.3. The summed E-state index contributed by atoms with van der Waals surface area (Å²) in [4.78, 5) is 13.0. The molecule has 2 aromatic carbocycles. The van der Waals surface area contributed by atoms with E-state index in [0.29, 0.717) is 0 Å². The predicted molar refractivity (Wildman–Crippen MR) is 82.0 cm³/mol. The molecule has 0 heterocycles. The van der Waals surface area contributed by atoms with E-state index in [1.54, 1.807) is 0 Å². The lowest BCUT2D eigenvalue weighted by atomic mass is 9.85. The maximum atomic E-state index is 13.0. The van der Waals surface area contributed by atoms with Gasteiger partial charge in [0, 0.05) is 11.3 Å². The molecule has 1 aliphatic carbocycles. The van der Waals surface area contributed by atoms with E-state index in [1.807, 2.05) is 43.3 Å². The van der Waals surface area contributed by atoms with Crippen molar-refractivity contribution in [1.29, 1.82) is 0 Å². The van der Waals surface area contributed by atoms with Crippen LogP contribution >= 0.6 is 0 Å². The smallest absolute Gasteiger partial charge is 0.173 e. The molecule has 2 aromatic rings. The fourth-order valence-corrected chi connectivity index (χ4v) is 2.83. The van der Waals surface area contributed by atoms with Crippen molar-refractivity contribution in [3.8, 4) is 0 Å². The van der Waals surface area contributed by atoms with E-state index in [-0.39, 0.29) is 11.2 Å². The van der Waals surface area contributed by atoms with Crippen molar-refractivity contribution in [2.45, 2.75) is 32.1 Å². The first-order chi connectivity index (χ1) is 9.54. The van der Waals surface area contributed by atoms with Crippen molar-refractivity contribution in [2.75, 3.05) is 5.73 Å². The van der Waals surface area contributed by atoms with Crippen LogP contribution in [0.25, 0.3) is 0 Å². The van der Waals surface area contributed by atoms with Crippen LogP contribution in [-0.2, 0) is 5.41 Å². The summed E-state index contributed by atoms with van der Waals surface area (Å²) in [5, 5.41) is 0. The zero-order valence-electron chi connectivity index (χ0n) is 11.9. The molecule has 2 N–H and O–H groups in total. The van der Waals surface area contributed by atoms with Crippen molar-refractivity contribution in [3.63, 3.8) is 0 Å². The van der Waals surface area contributed by atoms with Crippen LogP contribution in [0.1, 0.15) is 39.9 Å². The van der Waals surface area contributed by atoms with Gasteiger partial charge in [-0.05, 0) is 55.5 Å². The number of benzene rings is 2. The standard InChI is InChI=1S/C18H19NO/c1-12-4-3-5-16(13(12)2)17(20)18(10-11-18)14-6-8-15(19)9-7-14/h3-9H,10-11,19H2,1-2H3. The van der Waals surface area contributed by atoms with Crippen LogP contribution in [0.2, 0.25) is 0 Å². The minimum absolute atomic E-state index is 0.253. The van der Waals surface area contributed by atoms with Crippen molar-refractivity contribution >= 4 is 11.5 Å². The molecule has 0 amide bonds. The van der Waals surface area contributed by atoms with Crippen LogP contribution in [0, 0.1) is 13.8 Å². The Kier molecular flexibility index (Phi) is 2.89. The van der Waals surface area contributed by atoms with Gasteiger partial charge in [0.1, 0.15) is 0 Å². The van der Waals surface area contributed by atoms with E-state index in [9.17, 15) is 4.79 Å². The van der Waals surface area contributed by atoms with Crippen molar-refractivity contribution in [2.24, 2.45) is 0 Å². The summed E-state index contributed by atoms with van der Waals surface area (Å²) < 4.78 is 0. The quantitative estimate of drug-likeness (QED) is 0.677. The van der Waals surface area contributed by atoms with Crippen LogP contribution in [-0.4, -0.2) is 5.78 Å². The van der Waals surface area contributed by atoms with Crippen LogP contribution in [0.3, 0.4) is 0 Å². The number of hydrogen-bond acceptors (Lipinski definition) is 2. The van der Waals surface area contributed by atoms with E-state index in [0.717, 1.165) is 35.2 Å². The molecule has 0 spiro atoms. The molecule has 2 heteroatoms. The molecule has 1 saturated carbocycles. The third kappa shape index (κ3) is 1.92. The summed E-state index contributed by atoms with van der Waals surface area (Å²) in [6.45, 7) is 4.08. The molecule has 3 rings (SSSR count). The van der Waals surface area contributed by atoms with Gasteiger partial charge in [-0.15, -0.1) is 0 Å². The van der Waals surface area contributed by atoms with Crippen LogP contribution in [0.5, 0.6) is 0 Å². The Balaban J connectivity index is 2.02. The number of ketones is 1. The van der Waals surface area contributed by atoms with Gasteiger partial charge in [-0.3, -0.25) is 4.79 Å². The molecule has 20 heavy (non-hydrogen) atoms. The van der Waals surface area contributed by atoms with Gasteiger partial charge in [0.15, 0.2) is 5.78 Å². The van der Waals surface area contributed by atoms with Crippen molar-refractivity contribution in [3.05, 3.63) is 64.7 Å². The van der Waals surface area contributed by atoms with E-state index < -0.39 is 0 Å². The second-order valence-corrected chi connectivity index (χ2v) is 5.78. The topological polar surface area (TPSA) is 43.1 Å². The first kappa shape index (κ1) is 12.9. The average Bonchev–Trinajstić information content (AvgIpc) is 3.23. The van der Waals surface area contributed by atoms with Crippen molar-refractivity contribution in [1.82, 2.24) is 0 Å². The molecule has 0 atom stereocenters. The molecule has 1 aliphatic rings. The second-order valence-electron chi connectivity index (χ2n) is 5.78. The Morgan fingerprint density at radius 2 is 1.70 bits per heavy atom. The minimum Gasteiger partial charge on any atom is -0.399 e. The van der Waals surface area contributed by atoms with Crippen LogP contribution in [0.15, 0.2) is 42.5 Å². The van der Waals surface area contributed by atoms with Gasteiger partial charge >= 0.3 is 0 Å². The number of nitrogen functional groups attached to an aromatic ring is 1. The summed E-state index contributed by atoms with van der Waals surface area (Å²) in [6.07, 6.45) is 1.87. The Labute approximate surface area is 119 Å². The Morgan fingerprint density at radius 3 is 2.30 bits per heavy atom. The highest BCUT2D eigenvalue weighted by atomic mass is 16.1. The molecule has 0 radical (unpaired) electrons. The van der Waals surface area contributed by atoms with E-state index >= 15 is 0 Å². The lowest BCUT2D eigenvalue weighted by Gasteiger charge is -2.17. The van der Waals surface area contributed by atoms with Crippen LogP contribution in [0.4, 0.5) is 5.69 Å². The molecule has 0 unspecified atom stereocenters. The van der Waals surface area contributed by atoms with E-state index in [4.69, 9.17) is 5.73 Å². The summed E-state index contributed by atoms with van der Waals surface area (Å²) in [5.74, 6) is 0.253. The van der Waals surface area contributed by atoms with Gasteiger partial charge in [0.2, 0.25) is 0 Å².